The molecule has 122 valence electrons. The van der Waals surface area contributed by atoms with Crippen molar-refractivity contribution in [1.82, 2.24) is 14.6 Å². The third-order valence-corrected chi connectivity index (χ3v) is 4.93. The molecule has 1 aromatic heterocycles. The van der Waals surface area contributed by atoms with Gasteiger partial charge in [-0.2, -0.15) is 0 Å². The maximum atomic E-state index is 12.6. The van der Waals surface area contributed by atoms with E-state index in [9.17, 15) is 13.2 Å². The van der Waals surface area contributed by atoms with Crippen molar-refractivity contribution in [2.24, 2.45) is 4.40 Å². The lowest BCUT2D eigenvalue weighted by molar-refractivity contribution is -0.113. The van der Waals surface area contributed by atoms with E-state index in [1.165, 1.54) is 11.0 Å². The Kier molecular flexibility index (Phi) is 3.24. The van der Waals surface area contributed by atoms with Gasteiger partial charge in [0, 0.05) is 12.7 Å². The number of imidazole rings is 1. The van der Waals surface area contributed by atoms with Gasteiger partial charge in [0.15, 0.2) is 5.84 Å². The van der Waals surface area contributed by atoms with Crippen LogP contribution in [0.5, 0.6) is 0 Å². The van der Waals surface area contributed by atoms with E-state index in [2.05, 4.69) is 14.8 Å². The highest BCUT2D eigenvalue weighted by molar-refractivity contribution is 7.90. The zero-order valence-electron chi connectivity index (χ0n) is 12.5. The topological polar surface area (TPSA) is 96.7 Å². The largest absolute Gasteiger partial charge is 0.331 e. The molecule has 24 heavy (non-hydrogen) atoms. The quantitative estimate of drug-likeness (QED) is 0.861. The van der Waals surface area contributed by atoms with Crippen LogP contribution in [0.3, 0.4) is 0 Å². The Balaban J connectivity index is 1.68. The summed E-state index contributed by atoms with van der Waals surface area (Å²) in [6.07, 6.45) is 6.44. The predicted octanol–water partition coefficient (Wildman–Crippen LogP) is 0.604. The van der Waals surface area contributed by atoms with Gasteiger partial charge in [0.1, 0.15) is 6.33 Å². The van der Waals surface area contributed by atoms with E-state index in [0.717, 1.165) is 11.0 Å². The number of fused-ring (bicyclic) bond motifs is 2. The molecule has 2 aliphatic heterocycles. The molecule has 2 aliphatic rings. The Labute approximate surface area is 137 Å². The Morgan fingerprint density at radius 3 is 2.96 bits per heavy atom. The molecule has 0 bridgehead atoms. The smallest absolute Gasteiger partial charge is 0.273 e. The molecular weight excluding hydrogens is 330 g/mol. The molecule has 0 spiro atoms. The Morgan fingerprint density at radius 2 is 2.08 bits per heavy atom. The fraction of sp³-hybridized carbons (Fsp3) is 0.133. The van der Waals surface area contributed by atoms with Crippen molar-refractivity contribution in [3.63, 3.8) is 0 Å². The normalized spacial score (nSPS) is 18.8. The number of rotatable bonds is 2. The van der Waals surface area contributed by atoms with Crippen molar-refractivity contribution in [1.29, 1.82) is 0 Å². The number of allylic oxidation sites excluding steroid dienone is 2. The van der Waals surface area contributed by atoms with E-state index in [4.69, 9.17) is 0 Å². The van der Waals surface area contributed by atoms with Gasteiger partial charge in [-0.25, -0.2) is 18.1 Å². The van der Waals surface area contributed by atoms with Gasteiger partial charge in [0.2, 0.25) is 0 Å². The van der Waals surface area contributed by atoms with E-state index < -0.39 is 15.9 Å². The van der Waals surface area contributed by atoms with E-state index in [1.54, 1.807) is 23.3 Å². The van der Waals surface area contributed by atoms with Crippen LogP contribution in [0.4, 0.5) is 0 Å². The first kappa shape index (κ1) is 14.6. The molecule has 1 amide bonds. The summed E-state index contributed by atoms with van der Waals surface area (Å²) in [4.78, 5) is 18.5. The summed E-state index contributed by atoms with van der Waals surface area (Å²) in [6.45, 7) is 0.274. The maximum absolute atomic E-state index is 12.6. The minimum absolute atomic E-state index is 0.0676. The molecule has 0 aliphatic carbocycles. The molecule has 4 rings (SSSR count). The van der Waals surface area contributed by atoms with Crippen molar-refractivity contribution in [2.75, 3.05) is 17.7 Å². The van der Waals surface area contributed by atoms with E-state index in [1.807, 2.05) is 24.3 Å². The van der Waals surface area contributed by atoms with Crippen LogP contribution in [0.2, 0.25) is 0 Å². The summed E-state index contributed by atoms with van der Waals surface area (Å²) in [5.41, 5.74) is 4.39. The van der Waals surface area contributed by atoms with Gasteiger partial charge in [-0.05, 0) is 24.3 Å². The molecule has 1 N–H and O–H groups in total. The Hall–Kier alpha value is -2.94. The highest BCUT2D eigenvalue weighted by Gasteiger charge is 2.30. The van der Waals surface area contributed by atoms with Crippen LogP contribution in [0.1, 0.15) is 0 Å². The summed E-state index contributed by atoms with van der Waals surface area (Å²) < 4.78 is 28.7. The number of carbonyl (C=O) groups is 1. The second-order valence-electron chi connectivity index (χ2n) is 5.36. The first-order valence-corrected chi connectivity index (χ1v) is 8.86. The van der Waals surface area contributed by atoms with Crippen molar-refractivity contribution in [3.05, 3.63) is 54.5 Å². The summed E-state index contributed by atoms with van der Waals surface area (Å²) in [5.74, 6) is -0.379. The number of amidine groups is 1. The van der Waals surface area contributed by atoms with Gasteiger partial charge in [0.05, 0.1) is 22.4 Å². The number of hydrogen-bond donors (Lipinski definition) is 1. The van der Waals surface area contributed by atoms with Crippen LogP contribution in [0.15, 0.2) is 58.9 Å². The van der Waals surface area contributed by atoms with E-state index in [0.29, 0.717) is 0 Å². The van der Waals surface area contributed by atoms with Crippen LogP contribution in [0.25, 0.3) is 11.0 Å². The number of sulfonamides is 1. The lowest BCUT2D eigenvalue weighted by Crippen LogP contribution is -2.41. The molecule has 8 nitrogen and oxygen atoms in total. The SMILES string of the molecule is O=C(Nn1cnc2ccccc21)C1=CC=CN2CCS(=O)(=O)N=C12. The third-order valence-electron chi connectivity index (χ3n) is 3.78. The number of benzene rings is 1. The van der Waals surface area contributed by atoms with Gasteiger partial charge in [-0.15, -0.1) is 4.40 Å². The minimum atomic E-state index is -3.54. The predicted molar refractivity (Wildman–Crippen MR) is 89.3 cm³/mol. The molecule has 0 saturated carbocycles. The van der Waals surface area contributed by atoms with E-state index in [-0.39, 0.29) is 23.7 Å². The highest BCUT2D eigenvalue weighted by Crippen LogP contribution is 2.18. The minimum Gasteiger partial charge on any atom is -0.331 e. The summed E-state index contributed by atoms with van der Waals surface area (Å²) >= 11 is 0. The molecule has 0 radical (unpaired) electrons. The zero-order chi connectivity index (χ0) is 16.7. The van der Waals surface area contributed by atoms with Gasteiger partial charge in [-0.1, -0.05) is 12.1 Å². The van der Waals surface area contributed by atoms with Crippen molar-refractivity contribution >= 4 is 32.8 Å². The van der Waals surface area contributed by atoms with E-state index >= 15 is 0 Å². The molecule has 9 heteroatoms. The molecule has 0 saturated heterocycles. The van der Waals surface area contributed by atoms with Crippen LogP contribution in [-0.2, 0) is 14.8 Å². The number of para-hydroxylation sites is 2. The van der Waals surface area contributed by atoms with Gasteiger partial charge < -0.3 is 4.90 Å². The number of amides is 1. The third kappa shape index (κ3) is 2.48. The van der Waals surface area contributed by atoms with Crippen LogP contribution < -0.4 is 5.43 Å². The molecule has 0 unspecified atom stereocenters. The van der Waals surface area contributed by atoms with Crippen molar-refractivity contribution < 1.29 is 13.2 Å². The van der Waals surface area contributed by atoms with Gasteiger partial charge in [0.25, 0.3) is 15.9 Å². The lowest BCUT2D eigenvalue weighted by atomic mass is 10.1. The fourth-order valence-corrected chi connectivity index (χ4v) is 3.60. The number of hydrogen-bond acceptors (Lipinski definition) is 5. The molecule has 0 fully saturated rings. The molecule has 0 atom stereocenters. The first-order chi connectivity index (χ1) is 11.5. The van der Waals surface area contributed by atoms with Gasteiger partial charge >= 0.3 is 0 Å². The molecule has 2 aromatic rings. The number of carbonyl (C=O) groups excluding carboxylic acids is 1. The second kappa shape index (κ2) is 5.31. The standard InChI is InChI=1S/C15H13N5O3S/c21-15(17-20-10-16-12-5-1-2-6-13(12)20)11-4-3-7-19-8-9-24(22,23)18-14(11)19/h1-7,10H,8-9H2,(H,17,21). The van der Waals surface area contributed by atoms with Crippen molar-refractivity contribution in [3.8, 4) is 0 Å². The fourth-order valence-electron chi connectivity index (χ4n) is 2.61. The van der Waals surface area contributed by atoms with Crippen LogP contribution >= 0.6 is 0 Å². The first-order valence-electron chi connectivity index (χ1n) is 7.25. The van der Waals surface area contributed by atoms with Crippen LogP contribution in [-0.4, -0.2) is 47.0 Å². The number of aromatic nitrogens is 2. The zero-order valence-corrected chi connectivity index (χ0v) is 13.3. The molecule has 1 aromatic carbocycles. The summed E-state index contributed by atoms with van der Waals surface area (Å²) in [7, 11) is -3.54. The van der Waals surface area contributed by atoms with Gasteiger partial charge in [-0.3, -0.25) is 10.2 Å². The lowest BCUT2D eigenvalue weighted by Gasteiger charge is -2.28. The van der Waals surface area contributed by atoms with Crippen molar-refractivity contribution in [2.45, 2.75) is 0 Å². The number of nitrogens with one attached hydrogen (secondary N) is 1. The monoisotopic (exact) mass is 343 g/mol. The average molecular weight is 343 g/mol. The Morgan fingerprint density at radius 1 is 1.25 bits per heavy atom. The average Bonchev–Trinajstić information content (AvgIpc) is 2.96. The maximum Gasteiger partial charge on any atom is 0.273 e. The molecular formula is C15H13N5O3S. The Bertz CT molecular complexity index is 1030. The van der Waals surface area contributed by atoms with Crippen LogP contribution in [0, 0.1) is 0 Å². The molecule has 3 heterocycles. The second-order valence-corrected chi connectivity index (χ2v) is 7.12. The summed E-state index contributed by atoms with van der Waals surface area (Å²) in [6, 6.07) is 7.36. The summed E-state index contributed by atoms with van der Waals surface area (Å²) in [5, 5.41) is 0. The highest BCUT2D eigenvalue weighted by atomic mass is 32.2. The number of nitrogens with zero attached hydrogens (tertiary/aromatic N) is 4.